The summed E-state index contributed by atoms with van der Waals surface area (Å²) in [6, 6.07) is 7.38. The predicted molar refractivity (Wildman–Crippen MR) is 82.2 cm³/mol. The summed E-state index contributed by atoms with van der Waals surface area (Å²) in [5.74, 6) is 0. The highest BCUT2D eigenvalue weighted by Crippen LogP contribution is 2.23. The third-order valence-electron chi connectivity index (χ3n) is 3.26. The minimum Gasteiger partial charge on any atom is -0.396 e. The molecule has 0 fully saturated rings. The van der Waals surface area contributed by atoms with Gasteiger partial charge in [-0.1, -0.05) is 37.6 Å². The van der Waals surface area contributed by atoms with Crippen LogP contribution in [0.1, 0.15) is 32.8 Å². The van der Waals surface area contributed by atoms with Gasteiger partial charge in [0.2, 0.25) is 0 Å². The first-order chi connectivity index (χ1) is 9.35. The molecule has 5 heteroatoms. The predicted octanol–water partition coefficient (Wildman–Crippen LogP) is 2.69. The molecule has 1 atom stereocenters. The van der Waals surface area contributed by atoms with Crippen molar-refractivity contribution in [2.45, 2.75) is 38.6 Å². The molecule has 1 rings (SSSR count). The lowest BCUT2D eigenvalue weighted by molar-refractivity contribution is 0.229. The zero-order chi connectivity index (χ0) is 15.2. The van der Waals surface area contributed by atoms with Gasteiger partial charge in [0, 0.05) is 29.6 Å². The second kappa shape index (κ2) is 7.50. The molecule has 4 nitrogen and oxygen atoms in total. The maximum Gasteiger partial charge on any atom is 0.315 e. The Bertz CT molecular complexity index is 432. The molecule has 0 heterocycles. The van der Waals surface area contributed by atoms with E-state index in [0.717, 1.165) is 5.56 Å². The van der Waals surface area contributed by atoms with Crippen LogP contribution in [0.4, 0.5) is 4.79 Å². The highest BCUT2D eigenvalue weighted by atomic mass is 35.5. The maximum absolute atomic E-state index is 11.7. The number of carbonyl (C=O) groups is 1. The van der Waals surface area contributed by atoms with Crippen molar-refractivity contribution >= 4 is 17.6 Å². The quantitative estimate of drug-likeness (QED) is 0.756. The molecule has 1 aromatic carbocycles. The SMILES string of the molecule is C[C@H](CCO)NC(=O)NCC(C)(C)c1ccc(Cl)cc1. The first-order valence-electron chi connectivity index (χ1n) is 6.76. The van der Waals surface area contributed by atoms with Crippen molar-refractivity contribution in [1.29, 1.82) is 0 Å². The number of aliphatic hydroxyl groups is 1. The van der Waals surface area contributed by atoms with Gasteiger partial charge in [0.05, 0.1) is 0 Å². The number of hydrogen-bond acceptors (Lipinski definition) is 2. The lowest BCUT2D eigenvalue weighted by Gasteiger charge is -2.26. The average Bonchev–Trinajstić information content (AvgIpc) is 2.37. The molecular weight excluding hydrogens is 276 g/mol. The van der Waals surface area contributed by atoms with Crippen LogP contribution in [-0.4, -0.2) is 30.3 Å². The Hall–Kier alpha value is -1.26. The number of aliphatic hydroxyl groups excluding tert-OH is 1. The molecule has 0 aliphatic rings. The molecule has 20 heavy (non-hydrogen) atoms. The van der Waals surface area contributed by atoms with E-state index in [1.807, 2.05) is 31.2 Å². The maximum atomic E-state index is 11.7. The summed E-state index contributed by atoms with van der Waals surface area (Å²) in [4.78, 5) is 11.7. The van der Waals surface area contributed by atoms with Crippen LogP contribution in [0.25, 0.3) is 0 Å². The number of hydrogen-bond donors (Lipinski definition) is 3. The fraction of sp³-hybridized carbons (Fsp3) is 0.533. The fourth-order valence-corrected chi connectivity index (χ4v) is 1.97. The summed E-state index contributed by atoms with van der Waals surface area (Å²) in [5.41, 5.74) is 0.938. The second-order valence-corrected chi connectivity index (χ2v) is 6.07. The molecule has 112 valence electrons. The summed E-state index contributed by atoms with van der Waals surface area (Å²) in [6.07, 6.45) is 0.550. The topological polar surface area (TPSA) is 61.4 Å². The molecule has 0 aliphatic heterocycles. The molecule has 0 saturated heterocycles. The summed E-state index contributed by atoms with van der Waals surface area (Å²) >= 11 is 5.88. The lowest BCUT2D eigenvalue weighted by Crippen LogP contribution is -2.45. The van der Waals surface area contributed by atoms with E-state index >= 15 is 0 Å². The van der Waals surface area contributed by atoms with Gasteiger partial charge in [-0.3, -0.25) is 0 Å². The molecule has 3 N–H and O–H groups in total. The highest BCUT2D eigenvalue weighted by Gasteiger charge is 2.21. The van der Waals surface area contributed by atoms with Gasteiger partial charge in [0.1, 0.15) is 0 Å². The van der Waals surface area contributed by atoms with E-state index in [1.54, 1.807) is 0 Å². The summed E-state index contributed by atoms with van der Waals surface area (Å²) < 4.78 is 0. The first-order valence-corrected chi connectivity index (χ1v) is 7.14. The van der Waals surface area contributed by atoms with Crippen molar-refractivity contribution in [3.8, 4) is 0 Å². The van der Waals surface area contributed by atoms with Crippen LogP contribution < -0.4 is 10.6 Å². The molecular formula is C15H23ClN2O2. The number of halogens is 1. The van der Waals surface area contributed by atoms with Crippen molar-refractivity contribution in [1.82, 2.24) is 10.6 Å². The molecule has 1 aromatic rings. The standard InChI is InChI=1S/C15H23ClN2O2/c1-11(8-9-19)18-14(20)17-10-15(2,3)12-4-6-13(16)7-5-12/h4-7,11,19H,8-10H2,1-3H3,(H2,17,18,20)/t11-/m1/s1. The van der Waals surface area contributed by atoms with E-state index in [-0.39, 0.29) is 24.1 Å². The van der Waals surface area contributed by atoms with E-state index in [1.165, 1.54) is 0 Å². The number of nitrogens with one attached hydrogen (secondary N) is 2. The smallest absolute Gasteiger partial charge is 0.315 e. The molecule has 2 amide bonds. The molecule has 0 unspecified atom stereocenters. The van der Waals surface area contributed by atoms with Gasteiger partial charge in [-0.2, -0.15) is 0 Å². The molecule has 0 aliphatic carbocycles. The number of carbonyl (C=O) groups excluding carboxylic acids is 1. The largest absolute Gasteiger partial charge is 0.396 e. The monoisotopic (exact) mass is 298 g/mol. The Labute approximate surface area is 125 Å². The van der Waals surface area contributed by atoms with Gasteiger partial charge in [-0.05, 0) is 31.0 Å². The van der Waals surface area contributed by atoms with Crippen LogP contribution in [0.2, 0.25) is 5.02 Å². The van der Waals surface area contributed by atoms with Crippen LogP contribution in [-0.2, 0) is 5.41 Å². The normalized spacial score (nSPS) is 12.8. The number of urea groups is 1. The molecule has 0 saturated carbocycles. The Morgan fingerprint density at radius 1 is 1.35 bits per heavy atom. The minimum atomic E-state index is -0.215. The zero-order valence-electron chi connectivity index (χ0n) is 12.2. The average molecular weight is 299 g/mol. The van der Waals surface area contributed by atoms with Gasteiger partial charge in [-0.25, -0.2) is 4.79 Å². The molecule has 0 bridgehead atoms. The van der Waals surface area contributed by atoms with Crippen LogP contribution in [0.5, 0.6) is 0 Å². The summed E-state index contributed by atoms with van der Waals surface area (Å²) in [7, 11) is 0. The third-order valence-corrected chi connectivity index (χ3v) is 3.51. The van der Waals surface area contributed by atoms with Crippen molar-refractivity contribution in [3.63, 3.8) is 0 Å². The van der Waals surface area contributed by atoms with E-state index < -0.39 is 0 Å². The molecule has 0 aromatic heterocycles. The minimum absolute atomic E-state index is 0.0429. The fourth-order valence-electron chi connectivity index (χ4n) is 1.85. The van der Waals surface area contributed by atoms with Gasteiger partial charge < -0.3 is 15.7 Å². The van der Waals surface area contributed by atoms with Gasteiger partial charge in [-0.15, -0.1) is 0 Å². The molecule has 0 radical (unpaired) electrons. The summed E-state index contributed by atoms with van der Waals surface area (Å²) in [6.45, 7) is 6.57. The van der Waals surface area contributed by atoms with E-state index in [9.17, 15) is 4.79 Å². The van der Waals surface area contributed by atoms with Gasteiger partial charge >= 0.3 is 6.03 Å². The van der Waals surface area contributed by atoms with Crippen LogP contribution in [0.3, 0.4) is 0 Å². The van der Waals surface area contributed by atoms with E-state index in [2.05, 4.69) is 24.5 Å². The van der Waals surface area contributed by atoms with Gasteiger partial charge in [0.25, 0.3) is 0 Å². The Kier molecular flexibility index (Phi) is 6.30. The van der Waals surface area contributed by atoms with E-state index in [4.69, 9.17) is 16.7 Å². The zero-order valence-corrected chi connectivity index (χ0v) is 13.0. The Morgan fingerprint density at radius 3 is 2.50 bits per heavy atom. The van der Waals surface area contributed by atoms with Crippen molar-refractivity contribution in [2.24, 2.45) is 0 Å². The van der Waals surface area contributed by atoms with Crippen molar-refractivity contribution < 1.29 is 9.90 Å². The Morgan fingerprint density at radius 2 is 1.95 bits per heavy atom. The van der Waals surface area contributed by atoms with Crippen LogP contribution in [0.15, 0.2) is 24.3 Å². The number of benzene rings is 1. The van der Waals surface area contributed by atoms with E-state index in [0.29, 0.717) is 18.0 Å². The molecule has 0 spiro atoms. The summed E-state index contributed by atoms with van der Waals surface area (Å²) in [5, 5.41) is 15.1. The number of rotatable bonds is 6. The van der Waals surface area contributed by atoms with Crippen molar-refractivity contribution in [3.05, 3.63) is 34.9 Å². The third kappa shape index (κ3) is 5.39. The highest BCUT2D eigenvalue weighted by molar-refractivity contribution is 6.30. The Balaban J connectivity index is 2.50. The van der Waals surface area contributed by atoms with Crippen LogP contribution in [0, 0.1) is 0 Å². The number of amides is 2. The van der Waals surface area contributed by atoms with Crippen LogP contribution >= 0.6 is 11.6 Å². The lowest BCUT2D eigenvalue weighted by atomic mass is 9.85. The first kappa shape index (κ1) is 16.8. The van der Waals surface area contributed by atoms with Crippen molar-refractivity contribution in [2.75, 3.05) is 13.2 Å². The second-order valence-electron chi connectivity index (χ2n) is 5.63. The van der Waals surface area contributed by atoms with Gasteiger partial charge in [0.15, 0.2) is 0 Å².